The fraction of sp³-hybridized carbons (Fsp3) is 0.188. The highest BCUT2D eigenvalue weighted by Gasteiger charge is 2.46. The van der Waals surface area contributed by atoms with Gasteiger partial charge in [0.25, 0.3) is 0 Å². The topological polar surface area (TPSA) is 46.3 Å². The zero-order valence-corrected chi connectivity index (χ0v) is 12.7. The number of hydrogen-bond donors (Lipinski definition) is 1. The molecule has 1 fully saturated rings. The summed E-state index contributed by atoms with van der Waals surface area (Å²) >= 11 is 3.42. The number of carbonyl (C=O) groups excluding carboxylic acids is 1. The Labute approximate surface area is 126 Å². The number of nitrogens with zero attached hydrogens (tertiary/aromatic N) is 1. The number of hydrogen-bond acceptors (Lipinski definition) is 2. The summed E-state index contributed by atoms with van der Waals surface area (Å²) in [6.07, 6.45) is 0. The number of carbonyl (C=O) groups is 1. The standard InChI is InChI=1S/C16H15BrN2O/c1-10-2-8-13(9-3-10)19-15(14(18)16(19)20)11-4-6-12(17)7-5-11/h2-9,14-15H,18H2,1H3/t14-,15-/m1/s1. The number of benzene rings is 2. The third-order valence-electron chi connectivity index (χ3n) is 3.66. The van der Waals surface area contributed by atoms with Crippen LogP contribution in [0.1, 0.15) is 17.2 Å². The highest BCUT2D eigenvalue weighted by Crippen LogP contribution is 2.38. The van der Waals surface area contributed by atoms with E-state index in [-0.39, 0.29) is 11.9 Å². The number of halogens is 1. The van der Waals surface area contributed by atoms with Crippen molar-refractivity contribution in [3.8, 4) is 0 Å². The van der Waals surface area contributed by atoms with Crippen molar-refractivity contribution in [3.63, 3.8) is 0 Å². The van der Waals surface area contributed by atoms with Crippen LogP contribution >= 0.6 is 15.9 Å². The van der Waals surface area contributed by atoms with Crippen LogP contribution in [0.25, 0.3) is 0 Å². The van der Waals surface area contributed by atoms with E-state index in [9.17, 15) is 4.79 Å². The molecule has 1 aliphatic heterocycles. The number of β-lactam (4-membered cyclic amide) rings is 1. The Kier molecular flexibility index (Phi) is 3.36. The van der Waals surface area contributed by atoms with Crippen molar-refractivity contribution in [2.45, 2.75) is 19.0 Å². The fourth-order valence-corrected chi connectivity index (χ4v) is 2.79. The lowest BCUT2D eigenvalue weighted by molar-refractivity contribution is -0.126. The van der Waals surface area contributed by atoms with Crippen LogP contribution in [-0.2, 0) is 4.79 Å². The first-order valence-electron chi connectivity index (χ1n) is 6.49. The van der Waals surface area contributed by atoms with E-state index in [1.807, 2.05) is 55.5 Å². The molecule has 1 heterocycles. The number of rotatable bonds is 2. The molecule has 2 aromatic carbocycles. The molecule has 1 aliphatic rings. The summed E-state index contributed by atoms with van der Waals surface area (Å²) in [6, 6.07) is 15.3. The van der Waals surface area contributed by atoms with E-state index >= 15 is 0 Å². The molecule has 3 nitrogen and oxygen atoms in total. The fourth-order valence-electron chi connectivity index (χ4n) is 2.52. The van der Waals surface area contributed by atoms with Gasteiger partial charge in [0.05, 0.1) is 6.04 Å². The Morgan fingerprint density at radius 1 is 1.05 bits per heavy atom. The SMILES string of the molecule is Cc1ccc(N2C(=O)[C@H](N)[C@H]2c2ccc(Br)cc2)cc1. The number of aryl methyl sites for hydroxylation is 1. The van der Waals surface area contributed by atoms with Gasteiger partial charge in [-0.05, 0) is 36.8 Å². The molecule has 2 atom stereocenters. The Morgan fingerprint density at radius 3 is 2.25 bits per heavy atom. The normalized spacial score (nSPS) is 21.8. The highest BCUT2D eigenvalue weighted by molar-refractivity contribution is 9.10. The summed E-state index contributed by atoms with van der Waals surface area (Å²) in [4.78, 5) is 13.9. The highest BCUT2D eigenvalue weighted by atomic mass is 79.9. The summed E-state index contributed by atoms with van der Waals surface area (Å²) in [5, 5.41) is 0. The molecule has 102 valence electrons. The molecule has 0 unspecified atom stereocenters. The minimum absolute atomic E-state index is 0.0261. The second-order valence-electron chi connectivity index (χ2n) is 5.07. The van der Waals surface area contributed by atoms with Crippen LogP contribution in [-0.4, -0.2) is 11.9 Å². The van der Waals surface area contributed by atoms with E-state index < -0.39 is 6.04 Å². The van der Waals surface area contributed by atoms with Gasteiger partial charge < -0.3 is 10.6 Å². The van der Waals surface area contributed by atoms with Crippen molar-refractivity contribution in [2.24, 2.45) is 5.73 Å². The Bertz CT molecular complexity index is 637. The van der Waals surface area contributed by atoms with Crippen LogP contribution < -0.4 is 10.6 Å². The molecule has 1 amide bonds. The van der Waals surface area contributed by atoms with Crippen molar-refractivity contribution < 1.29 is 4.79 Å². The van der Waals surface area contributed by atoms with Crippen molar-refractivity contribution in [1.29, 1.82) is 0 Å². The third-order valence-corrected chi connectivity index (χ3v) is 4.19. The van der Waals surface area contributed by atoms with Crippen molar-refractivity contribution >= 4 is 27.5 Å². The Balaban J connectivity index is 1.95. The lowest BCUT2D eigenvalue weighted by Gasteiger charge is -2.45. The van der Waals surface area contributed by atoms with Crippen LogP contribution in [0, 0.1) is 6.92 Å². The zero-order chi connectivity index (χ0) is 14.3. The van der Waals surface area contributed by atoms with Crippen LogP contribution in [0.2, 0.25) is 0 Å². The number of anilines is 1. The molecule has 20 heavy (non-hydrogen) atoms. The van der Waals surface area contributed by atoms with Gasteiger partial charge in [0.1, 0.15) is 6.04 Å². The second kappa shape index (κ2) is 5.04. The van der Waals surface area contributed by atoms with Gasteiger partial charge in [0.15, 0.2) is 0 Å². The summed E-state index contributed by atoms with van der Waals surface area (Å²) in [5.74, 6) is -0.0261. The van der Waals surface area contributed by atoms with Crippen molar-refractivity contribution in [3.05, 3.63) is 64.1 Å². The van der Waals surface area contributed by atoms with Crippen molar-refractivity contribution in [2.75, 3.05) is 4.90 Å². The van der Waals surface area contributed by atoms with Gasteiger partial charge in [0.2, 0.25) is 5.91 Å². The molecule has 4 heteroatoms. The van der Waals surface area contributed by atoms with E-state index in [1.54, 1.807) is 4.90 Å². The molecule has 0 radical (unpaired) electrons. The van der Waals surface area contributed by atoms with Gasteiger partial charge in [-0.25, -0.2) is 0 Å². The number of amides is 1. The van der Waals surface area contributed by atoms with Crippen LogP contribution in [0.4, 0.5) is 5.69 Å². The molecular formula is C16H15BrN2O. The minimum atomic E-state index is -0.461. The first-order valence-corrected chi connectivity index (χ1v) is 7.28. The number of nitrogens with two attached hydrogens (primary N) is 1. The predicted octanol–water partition coefficient (Wildman–Crippen LogP) is 3.17. The van der Waals surface area contributed by atoms with Crippen LogP contribution in [0.15, 0.2) is 53.0 Å². The smallest absolute Gasteiger partial charge is 0.247 e. The molecule has 0 aliphatic carbocycles. The quantitative estimate of drug-likeness (QED) is 0.859. The first-order chi connectivity index (χ1) is 9.58. The van der Waals surface area contributed by atoms with Crippen LogP contribution in [0.3, 0.4) is 0 Å². The van der Waals surface area contributed by atoms with Gasteiger partial charge in [-0.3, -0.25) is 4.79 Å². The van der Waals surface area contributed by atoms with Crippen LogP contribution in [0.5, 0.6) is 0 Å². The molecule has 3 rings (SSSR count). The molecule has 2 N–H and O–H groups in total. The van der Waals surface area contributed by atoms with Gasteiger partial charge in [-0.15, -0.1) is 0 Å². The molecule has 0 saturated carbocycles. The van der Waals surface area contributed by atoms with E-state index in [0.29, 0.717) is 0 Å². The summed E-state index contributed by atoms with van der Waals surface area (Å²) in [5.41, 5.74) is 9.12. The van der Waals surface area contributed by atoms with Gasteiger partial charge in [0, 0.05) is 10.2 Å². The Morgan fingerprint density at radius 2 is 1.65 bits per heavy atom. The molecule has 1 saturated heterocycles. The largest absolute Gasteiger partial charge is 0.318 e. The molecule has 0 bridgehead atoms. The molecular weight excluding hydrogens is 316 g/mol. The lowest BCUT2D eigenvalue weighted by Crippen LogP contribution is -2.63. The first kappa shape index (κ1) is 13.3. The molecule has 0 spiro atoms. The average Bonchev–Trinajstić information content (AvgIpc) is 2.46. The lowest BCUT2D eigenvalue weighted by atomic mass is 9.88. The monoisotopic (exact) mass is 330 g/mol. The van der Waals surface area contributed by atoms with E-state index in [2.05, 4.69) is 15.9 Å². The maximum absolute atomic E-state index is 12.1. The maximum atomic E-state index is 12.1. The molecule has 2 aromatic rings. The maximum Gasteiger partial charge on any atom is 0.247 e. The summed E-state index contributed by atoms with van der Waals surface area (Å²) in [7, 11) is 0. The molecule has 0 aromatic heterocycles. The summed E-state index contributed by atoms with van der Waals surface area (Å²) < 4.78 is 1.02. The van der Waals surface area contributed by atoms with E-state index in [4.69, 9.17) is 5.73 Å². The second-order valence-corrected chi connectivity index (χ2v) is 5.98. The predicted molar refractivity (Wildman–Crippen MR) is 83.5 cm³/mol. The third kappa shape index (κ3) is 2.15. The zero-order valence-electron chi connectivity index (χ0n) is 11.1. The van der Waals surface area contributed by atoms with Gasteiger partial charge >= 0.3 is 0 Å². The minimum Gasteiger partial charge on any atom is -0.318 e. The average molecular weight is 331 g/mol. The Hall–Kier alpha value is -1.65. The van der Waals surface area contributed by atoms with E-state index in [1.165, 1.54) is 5.56 Å². The van der Waals surface area contributed by atoms with Gasteiger partial charge in [-0.1, -0.05) is 45.8 Å². The van der Waals surface area contributed by atoms with E-state index in [0.717, 1.165) is 15.7 Å². The van der Waals surface area contributed by atoms with Gasteiger partial charge in [-0.2, -0.15) is 0 Å². The summed E-state index contributed by atoms with van der Waals surface area (Å²) in [6.45, 7) is 2.03. The van der Waals surface area contributed by atoms with Crippen molar-refractivity contribution in [1.82, 2.24) is 0 Å².